The molecule has 0 heterocycles. The first-order valence-corrected chi connectivity index (χ1v) is 6.49. The molecule has 3 N–H and O–H groups in total. The first kappa shape index (κ1) is 13.5. The van der Waals surface area contributed by atoms with Crippen LogP contribution in [0.5, 0.6) is 0 Å². The monoisotopic (exact) mass is 262 g/mol. The number of hydrogen-bond acceptors (Lipinski definition) is 3. The molecule has 0 aromatic heterocycles. The van der Waals surface area contributed by atoms with Gasteiger partial charge in [-0.05, 0) is 26.2 Å². The number of benzene rings is 1. The van der Waals surface area contributed by atoms with Gasteiger partial charge in [-0.15, -0.1) is 0 Å². The van der Waals surface area contributed by atoms with E-state index in [1.165, 1.54) is 12.1 Å². The average Bonchev–Trinajstić information content (AvgIpc) is 2.22. The van der Waals surface area contributed by atoms with E-state index >= 15 is 0 Å². The zero-order valence-electron chi connectivity index (χ0n) is 9.60. The molecule has 0 saturated heterocycles. The predicted octanol–water partition coefficient (Wildman–Crippen LogP) is 3.61. The van der Waals surface area contributed by atoms with Crippen LogP contribution in [-0.4, -0.2) is 17.5 Å². The average molecular weight is 263 g/mol. The second-order valence-electron chi connectivity index (χ2n) is 4.17. The van der Waals surface area contributed by atoms with E-state index in [0.717, 1.165) is 6.54 Å². The van der Waals surface area contributed by atoms with Crippen molar-refractivity contribution in [1.82, 2.24) is 0 Å². The molecular formula is C11H16ClFN2S. The Bertz CT molecular complexity index is 382. The van der Waals surface area contributed by atoms with Crippen molar-refractivity contribution in [2.45, 2.75) is 18.6 Å². The molecular weight excluding hydrogens is 247 g/mol. The van der Waals surface area contributed by atoms with Crippen LogP contribution in [-0.2, 0) is 0 Å². The molecule has 0 spiro atoms. The molecule has 16 heavy (non-hydrogen) atoms. The van der Waals surface area contributed by atoms with Crippen molar-refractivity contribution in [3.05, 3.63) is 23.0 Å². The minimum absolute atomic E-state index is 0.0821. The van der Waals surface area contributed by atoms with Crippen molar-refractivity contribution in [2.75, 3.05) is 23.9 Å². The zero-order valence-corrected chi connectivity index (χ0v) is 11.2. The summed E-state index contributed by atoms with van der Waals surface area (Å²) in [6.45, 7) is 4.97. The predicted molar refractivity (Wildman–Crippen MR) is 71.9 cm³/mol. The maximum absolute atomic E-state index is 13.1. The fraction of sp³-hybridized carbons (Fsp3) is 0.455. The summed E-state index contributed by atoms with van der Waals surface area (Å²) < 4.78 is 13.1. The van der Waals surface area contributed by atoms with E-state index < -0.39 is 5.82 Å². The van der Waals surface area contributed by atoms with Gasteiger partial charge < -0.3 is 11.1 Å². The second kappa shape index (κ2) is 5.15. The van der Waals surface area contributed by atoms with Gasteiger partial charge in [0.1, 0.15) is 5.82 Å². The van der Waals surface area contributed by atoms with Crippen LogP contribution in [0.1, 0.15) is 13.8 Å². The molecule has 1 rings (SSSR count). The summed E-state index contributed by atoms with van der Waals surface area (Å²) in [7, 11) is 0. The molecule has 1 aromatic carbocycles. The first-order valence-electron chi connectivity index (χ1n) is 4.89. The minimum Gasteiger partial charge on any atom is -0.397 e. The van der Waals surface area contributed by atoms with E-state index in [1.807, 2.05) is 6.26 Å². The topological polar surface area (TPSA) is 38.0 Å². The Morgan fingerprint density at radius 2 is 2.12 bits per heavy atom. The van der Waals surface area contributed by atoms with E-state index in [0.29, 0.717) is 11.4 Å². The Morgan fingerprint density at radius 1 is 1.50 bits per heavy atom. The Labute approximate surface area is 105 Å². The third kappa shape index (κ3) is 3.46. The van der Waals surface area contributed by atoms with Crippen molar-refractivity contribution < 1.29 is 4.39 Å². The molecule has 0 aliphatic heterocycles. The van der Waals surface area contributed by atoms with Gasteiger partial charge in [0.15, 0.2) is 0 Å². The summed E-state index contributed by atoms with van der Waals surface area (Å²) in [5.41, 5.74) is 6.74. The lowest BCUT2D eigenvalue weighted by Crippen LogP contribution is -2.26. The Morgan fingerprint density at radius 3 is 2.69 bits per heavy atom. The van der Waals surface area contributed by atoms with E-state index in [1.54, 1.807) is 11.8 Å². The van der Waals surface area contributed by atoms with Crippen LogP contribution in [0.3, 0.4) is 0 Å². The number of anilines is 2. The van der Waals surface area contributed by atoms with Crippen molar-refractivity contribution in [3.63, 3.8) is 0 Å². The Balaban J connectivity index is 2.79. The Hall–Kier alpha value is -0.610. The lowest BCUT2D eigenvalue weighted by atomic mass is 10.2. The van der Waals surface area contributed by atoms with Crippen LogP contribution in [0, 0.1) is 5.82 Å². The molecule has 0 saturated carbocycles. The van der Waals surface area contributed by atoms with Crippen LogP contribution in [0.2, 0.25) is 5.02 Å². The van der Waals surface area contributed by atoms with Gasteiger partial charge in [-0.25, -0.2) is 4.39 Å². The van der Waals surface area contributed by atoms with Crippen LogP contribution < -0.4 is 11.1 Å². The highest BCUT2D eigenvalue weighted by Gasteiger charge is 2.16. The fourth-order valence-corrected chi connectivity index (χ4v) is 1.48. The van der Waals surface area contributed by atoms with Crippen molar-refractivity contribution in [1.29, 1.82) is 0 Å². The number of halogens is 2. The van der Waals surface area contributed by atoms with Gasteiger partial charge in [0.05, 0.1) is 16.4 Å². The molecule has 0 fully saturated rings. The third-order valence-corrected chi connectivity index (χ3v) is 3.89. The first-order chi connectivity index (χ1) is 7.35. The number of rotatable bonds is 4. The van der Waals surface area contributed by atoms with Crippen molar-refractivity contribution in [3.8, 4) is 0 Å². The molecule has 0 radical (unpaired) electrons. The van der Waals surface area contributed by atoms with Gasteiger partial charge in [0.25, 0.3) is 0 Å². The number of nitrogens with one attached hydrogen (secondary N) is 1. The van der Waals surface area contributed by atoms with Crippen LogP contribution in [0.4, 0.5) is 15.8 Å². The van der Waals surface area contributed by atoms with Crippen LogP contribution in [0.25, 0.3) is 0 Å². The standard InChI is InChI=1S/C11H16ClFN2S/c1-11(2,16-3)6-15-10-4-7(12)8(13)5-9(10)14/h4-5,15H,6,14H2,1-3H3. The number of nitrogen functional groups attached to an aromatic ring is 1. The van der Waals surface area contributed by atoms with Gasteiger partial charge in [-0.2, -0.15) is 11.8 Å². The fourth-order valence-electron chi connectivity index (χ4n) is 1.10. The quantitative estimate of drug-likeness (QED) is 0.814. The van der Waals surface area contributed by atoms with E-state index in [-0.39, 0.29) is 9.77 Å². The third-order valence-electron chi connectivity index (χ3n) is 2.35. The molecule has 1 aromatic rings. The number of thioether (sulfide) groups is 1. The van der Waals surface area contributed by atoms with Gasteiger partial charge in [-0.1, -0.05) is 11.6 Å². The van der Waals surface area contributed by atoms with Crippen LogP contribution in [0.15, 0.2) is 12.1 Å². The van der Waals surface area contributed by atoms with E-state index in [4.69, 9.17) is 17.3 Å². The smallest absolute Gasteiger partial charge is 0.143 e. The van der Waals surface area contributed by atoms with Crippen molar-refractivity contribution >= 4 is 34.7 Å². The molecule has 0 unspecified atom stereocenters. The van der Waals surface area contributed by atoms with Crippen molar-refractivity contribution in [2.24, 2.45) is 0 Å². The lowest BCUT2D eigenvalue weighted by molar-refractivity contribution is 0.629. The lowest BCUT2D eigenvalue weighted by Gasteiger charge is -2.23. The summed E-state index contributed by atoms with van der Waals surface area (Å²) in [5, 5.41) is 3.26. The molecule has 0 aliphatic rings. The molecule has 5 heteroatoms. The number of nitrogens with two attached hydrogens (primary N) is 1. The molecule has 0 amide bonds. The SMILES string of the molecule is CSC(C)(C)CNc1cc(Cl)c(F)cc1N. The largest absolute Gasteiger partial charge is 0.397 e. The highest BCUT2D eigenvalue weighted by atomic mass is 35.5. The molecule has 0 atom stereocenters. The normalized spacial score (nSPS) is 11.6. The minimum atomic E-state index is -0.492. The summed E-state index contributed by atoms with van der Waals surface area (Å²) in [5.74, 6) is -0.492. The maximum atomic E-state index is 13.1. The van der Waals surface area contributed by atoms with Gasteiger partial charge >= 0.3 is 0 Å². The summed E-state index contributed by atoms with van der Waals surface area (Å²) in [4.78, 5) is 0. The summed E-state index contributed by atoms with van der Waals surface area (Å²) in [6.07, 6.45) is 2.04. The molecule has 0 aliphatic carbocycles. The number of hydrogen-bond donors (Lipinski definition) is 2. The van der Waals surface area contributed by atoms with Gasteiger partial charge in [0, 0.05) is 17.4 Å². The van der Waals surface area contributed by atoms with E-state index in [9.17, 15) is 4.39 Å². The van der Waals surface area contributed by atoms with Gasteiger partial charge in [0.2, 0.25) is 0 Å². The maximum Gasteiger partial charge on any atom is 0.143 e. The second-order valence-corrected chi connectivity index (χ2v) is 6.09. The highest BCUT2D eigenvalue weighted by Crippen LogP contribution is 2.28. The van der Waals surface area contributed by atoms with Crippen LogP contribution >= 0.6 is 23.4 Å². The van der Waals surface area contributed by atoms with Gasteiger partial charge in [-0.3, -0.25) is 0 Å². The molecule has 90 valence electrons. The Kier molecular flexibility index (Phi) is 4.33. The molecule has 2 nitrogen and oxygen atoms in total. The molecule has 0 bridgehead atoms. The highest BCUT2D eigenvalue weighted by molar-refractivity contribution is 7.99. The summed E-state index contributed by atoms with van der Waals surface area (Å²) in [6, 6.07) is 2.75. The zero-order chi connectivity index (χ0) is 12.3. The van der Waals surface area contributed by atoms with E-state index in [2.05, 4.69) is 19.2 Å². The summed E-state index contributed by atoms with van der Waals surface area (Å²) >= 11 is 7.44.